The van der Waals surface area contributed by atoms with Gasteiger partial charge < -0.3 is 24.3 Å². The number of aromatic nitrogens is 4. The van der Waals surface area contributed by atoms with E-state index in [9.17, 15) is 4.79 Å². The van der Waals surface area contributed by atoms with Gasteiger partial charge in [-0.3, -0.25) is 4.79 Å². The maximum atomic E-state index is 12.1. The van der Waals surface area contributed by atoms with Crippen molar-refractivity contribution in [2.45, 2.75) is 0 Å². The van der Waals surface area contributed by atoms with E-state index in [1.807, 2.05) is 42.5 Å². The zero-order chi connectivity index (χ0) is 23.3. The predicted molar refractivity (Wildman–Crippen MR) is 123 cm³/mol. The zero-order valence-corrected chi connectivity index (χ0v) is 18.3. The summed E-state index contributed by atoms with van der Waals surface area (Å²) in [5.74, 6) is 2.81. The Hall–Kier alpha value is -4.60. The number of nitrogens with one attached hydrogen (secondary N) is 1. The van der Waals surface area contributed by atoms with Gasteiger partial charge in [-0.25, -0.2) is 0 Å². The maximum Gasteiger partial charge on any atom is 0.244 e. The molecule has 3 heterocycles. The maximum absolute atomic E-state index is 12.1. The molecule has 0 fully saturated rings. The smallest absolute Gasteiger partial charge is 0.244 e. The summed E-state index contributed by atoms with van der Waals surface area (Å²) in [6, 6.07) is 16.5. The van der Waals surface area contributed by atoms with Gasteiger partial charge in [-0.2, -0.15) is 4.52 Å². The highest BCUT2D eigenvalue weighted by molar-refractivity contribution is 5.91. The highest BCUT2D eigenvalue weighted by atomic mass is 16.7. The van der Waals surface area contributed by atoms with Gasteiger partial charge in [-0.15, -0.1) is 15.3 Å². The molecule has 2 aromatic carbocycles. The average molecular weight is 459 g/mol. The summed E-state index contributed by atoms with van der Waals surface area (Å²) in [7, 11) is 1.61. The van der Waals surface area contributed by atoms with Crippen LogP contribution in [-0.2, 0) is 4.79 Å². The topological polar surface area (TPSA) is 109 Å². The van der Waals surface area contributed by atoms with Crippen molar-refractivity contribution < 1.29 is 23.7 Å². The van der Waals surface area contributed by atoms with E-state index in [0.717, 1.165) is 11.1 Å². The third-order valence-electron chi connectivity index (χ3n) is 5.04. The SMILES string of the molecule is COc1cccc(-c2nnc3ccc(OCCNC(=O)/C=C/c4ccc5c(c4)OCO5)nn23)c1. The molecule has 2 aromatic heterocycles. The van der Waals surface area contributed by atoms with Crippen LogP contribution in [0, 0.1) is 0 Å². The molecule has 0 bridgehead atoms. The van der Waals surface area contributed by atoms with Crippen molar-refractivity contribution in [3.05, 3.63) is 66.2 Å². The molecule has 172 valence electrons. The van der Waals surface area contributed by atoms with E-state index in [-0.39, 0.29) is 19.3 Å². The van der Waals surface area contributed by atoms with E-state index in [2.05, 4.69) is 20.6 Å². The first kappa shape index (κ1) is 21.3. The number of hydrogen-bond donors (Lipinski definition) is 1. The van der Waals surface area contributed by atoms with Crippen molar-refractivity contribution in [2.24, 2.45) is 0 Å². The van der Waals surface area contributed by atoms with Crippen LogP contribution < -0.4 is 24.3 Å². The summed E-state index contributed by atoms with van der Waals surface area (Å²) in [5, 5.41) is 15.6. The van der Waals surface area contributed by atoms with Crippen molar-refractivity contribution in [3.8, 4) is 34.5 Å². The number of carbonyl (C=O) groups excluding carboxylic acids is 1. The van der Waals surface area contributed by atoms with E-state index in [1.165, 1.54) is 6.08 Å². The lowest BCUT2D eigenvalue weighted by atomic mass is 10.2. The fraction of sp³-hybridized carbons (Fsp3) is 0.167. The molecule has 5 rings (SSSR count). The molecule has 0 saturated heterocycles. The van der Waals surface area contributed by atoms with Gasteiger partial charge in [-0.1, -0.05) is 18.2 Å². The largest absolute Gasteiger partial charge is 0.497 e. The lowest BCUT2D eigenvalue weighted by molar-refractivity contribution is -0.116. The monoisotopic (exact) mass is 459 g/mol. The fourth-order valence-corrected chi connectivity index (χ4v) is 3.37. The highest BCUT2D eigenvalue weighted by Crippen LogP contribution is 2.32. The van der Waals surface area contributed by atoms with Gasteiger partial charge >= 0.3 is 0 Å². The summed E-state index contributed by atoms with van der Waals surface area (Å²) in [5.41, 5.74) is 2.25. The number of rotatable bonds is 8. The first-order chi connectivity index (χ1) is 16.7. The Morgan fingerprint density at radius 2 is 2.03 bits per heavy atom. The molecular weight excluding hydrogens is 438 g/mol. The molecule has 0 unspecified atom stereocenters. The second kappa shape index (κ2) is 9.49. The van der Waals surface area contributed by atoms with E-state index in [1.54, 1.807) is 29.8 Å². The summed E-state index contributed by atoms with van der Waals surface area (Å²) in [6.07, 6.45) is 3.17. The third-order valence-corrected chi connectivity index (χ3v) is 5.04. The first-order valence-corrected chi connectivity index (χ1v) is 10.5. The van der Waals surface area contributed by atoms with Crippen molar-refractivity contribution in [3.63, 3.8) is 0 Å². The molecule has 0 aliphatic carbocycles. The standard InChI is InChI=1S/C24H21N5O5/c1-31-18-4-2-3-17(14-18)24-27-26-21-8-10-23(28-29(21)24)32-12-11-25-22(30)9-6-16-5-7-19-20(13-16)34-15-33-19/h2-10,13-14H,11-12,15H2,1H3,(H,25,30)/b9-6+. The van der Waals surface area contributed by atoms with Crippen molar-refractivity contribution in [2.75, 3.05) is 27.1 Å². The summed E-state index contributed by atoms with van der Waals surface area (Å²) in [6.45, 7) is 0.776. The van der Waals surface area contributed by atoms with Crippen molar-refractivity contribution >= 4 is 17.6 Å². The minimum absolute atomic E-state index is 0.213. The lowest BCUT2D eigenvalue weighted by Gasteiger charge is -2.07. The Morgan fingerprint density at radius 1 is 1.12 bits per heavy atom. The Bertz CT molecular complexity index is 1370. The zero-order valence-electron chi connectivity index (χ0n) is 18.3. The second-order valence-corrected chi connectivity index (χ2v) is 7.28. The predicted octanol–water partition coefficient (Wildman–Crippen LogP) is 2.74. The number of nitrogens with zero attached hydrogens (tertiary/aromatic N) is 4. The number of ether oxygens (including phenoxy) is 4. The van der Waals surface area contributed by atoms with Crippen LogP contribution in [0.5, 0.6) is 23.1 Å². The Labute approximate surface area is 194 Å². The molecule has 1 N–H and O–H groups in total. The second-order valence-electron chi connectivity index (χ2n) is 7.28. The van der Waals surface area contributed by atoms with E-state index < -0.39 is 0 Å². The van der Waals surface area contributed by atoms with E-state index in [4.69, 9.17) is 18.9 Å². The van der Waals surface area contributed by atoms with Gasteiger partial charge in [0.15, 0.2) is 23.0 Å². The van der Waals surface area contributed by atoms with Gasteiger partial charge in [0.2, 0.25) is 18.6 Å². The fourth-order valence-electron chi connectivity index (χ4n) is 3.37. The quantitative estimate of drug-likeness (QED) is 0.317. The van der Waals surface area contributed by atoms with Crippen LogP contribution in [-0.4, -0.2) is 52.8 Å². The summed E-state index contributed by atoms with van der Waals surface area (Å²) >= 11 is 0. The number of fused-ring (bicyclic) bond motifs is 2. The van der Waals surface area contributed by atoms with Crippen LogP contribution in [0.4, 0.5) is 0 Å². The van der Waals surface area contributed by atoms with E-state index >= 15 is 0 Å². The van der Waals surface area contributed by atoms with Crippen LogP contribution in [0.3, 0.4) is 0 Å². The molecule has 0 saturated carbocycles. The number of amides is 1. The number of carbonyl (C=O) groups is 1. The molecule has 1 amide bonds. The van der Waals surface area contributed by atoms with Gasteiger partial charge in [0.25, 0.3) is 0 Å². The van der Waals surface area contributed by atoms with Crippen LogP contribution in [0.1, 0.15) is 5.56 Å². The normalized spacial score (nSPS) is 12.3. The summed E-state index contributed by atoms with van der Waals surface area (Å²) in [4.78, 5) is 12.1. The van der Waals surface area contributed by atoms with Gasteiger partial charge in [0, 0.05) is 17.7 Å². The minimum Gasteiger partial charge on any atom is -0.497 e. The summed E-state index contributed by atoms with van der Waals surface area (Å²) < 4.78 is 23.2. The van der Waals surface area contributed by atoms with Crippen LogP contribution in [0.15, 0.2) is 60.7 Å². The third kappa shape index (κ3) is 4.60. The number of methoxy groups -OCH3 is 1. The van der Waals surface area contributed by atoms with Crippen molar-refractivity contribution in [1.82, 2.24) is 25.1 Å². The average Bonchev–Trinajstić information content (AvgIpc) is 3.51. The molecule has 0 atom stereocenters. The van der Waals surface area contributed by atoms with Gasteiger partial charge in [0.05, 0.1) is 13.7 Å². The van der Waals surface area contributed by atoms with Crippen molar-refractivity contribution in [1.29, 1.82) is 0 Å². The van der Waals surface area contributed by atoms with Gasteiger partial charge in [0.1, 0.15) is 12.4 Å². The lowest BCUT2D eigenvalue weighted by Crippen LogP contribution is -2.26. The van der Waals surface area contributed by atoms with Crippen LogP contribution in [0.25, 0.3) is 23.1 Å². The highest BCUT2D eigenvalue weighted by Gasteiger charge is 2.13. The number of benzene rings is 2. The van der Waals surface area contributed by atoms with Crippen LogP contribution in [0.2, 0.25) is 0 Å². The molecule has 0 radical (unpaired) electrons. The molecule has 34 heavy (non-hydrogen) atoms. The molecule has 1 aliphatic heterocycles. The molecule has 1 aliphatic rings. The van der Waals surface area contributed by atoms with Gasteiger partial charge in [-0.05, 0) is 42.0 Å². The Morgan fingerprint density at radius 3 is 2.94 bits per heavy atom. The molecule has 10 heteroatoms. The minimum atomic E-state index is -0.233. The molecule has 4 aromatic rings. The Kier molecular flexibility index (Phi) is 5.93. The Balaban J connectivity index is 1.16. The molecule has 0 spiro atoms. The first-order valence-electron chi connectivity index (χ1n) is 10.5. The number of hydrogen-bond acceptors (Lipinski definition) is 8. The van der Waals surface area contributed by atoms with E-state index in [0.29, 0.717) is 41.1 Å². The van der Waals surface area contributed by atoms with Crippen LogP contribution >= 0.6 is 0 Å². The molecular formula is C24H21N5O5. The molecule has 10 nitrogen and oxygen atoms in total.